The second-order valence-corrected chi connectivity index (χ2v) is 4.65. The zero-order valence-corrected chi connectivity index (χ0v) is 12.0. The maximum absolute atomic E-state index is 12.5. The van der Waals surface area contributed by atoms with E-state index in [1.807, 2.05) is 0 Å². The third-order valence-corrected chi connectivity index (χ3v) is 3.14. The summed E-state index contributed by atoms with van der Waals surface area (Å²) in [6.45, 7) is 1.20. The molecule has 10 heteroatoms. The van der Waals surface area contributed by atoms with E-state index in [1.165, 1.54) is 18.4 Å². The van der Waals surface area contributed by atoms with Gasteiger partial charge >= 0.3 is 12.1 Å². The zero-order valence-electron chi connectivity index (χ0n) is 11.2. The van der Waals surface area contributed by atoms with Crippen LogP contribution in [0.25, 0.3) is 0 Å². The van der Waals surface area contributed by atoms with Crippen molar-refractivity contribution in [3.8, 4) is 0 Å². The molecule has 3 N–H and O–H groups in total. The van der Waals surface area contributed by atoms with Crippen molar-refractivity contribution in [3.05, 3.63) is 27.7 Å². The first kappa shape index (κ1) is 17.7. The minimum atomic E-state index is -5.14. The molecule has 1 aromatic rings. The van der Waals surface area contributed by atoms with E-state index in [0.29, 0.717) is 6.21 Å². The molecule has 0 aliphatic carbocycles. The summed E-state index contributed by atoms with van der Waals surface area (Å²) in [7, 11) is 0. The van der Waals surface area contributed by atoms with E-state index in [9.17, 15) is 22.8 Å². The normalized spacial score (nSPS) is 13.1. The van der Waals surface area contributed by atoms with E-state index in [4.69, 9.17) is 10.8 Å². The first-order valence-electron chi connectivity index (χ1n) is 5.77. The number of carbonyl (C=O) groups is 2. The molecule has 0 bridgehead atoms. The number of amides is 1. The minimum Gasteiger partial charge on any atom is -0.504 e. The maximum atomic E-state index is 12.5. The predicted octanol–water partition coefficient (Wildman–Crippen LogP) is 2.49. The summed E-state index contributed by atoms with van der Waals surface area (Å²) in [4.78, 5) is 26.2. The fourth-order valence-corrected chi connectivity index (χ4v) is 1.99. The van der Waals surface area contributed by atoms with Crippen molar-refractivity contribution in [1.29, 1.82) is 0 Å². The number of primary amides is 1. The van der Waals surface area contributed by atoms with Gasteiger partial charge in [-0.25, -0.2) is 4.79 Å². The fourth-order valence-electron chi connectivity index (χ4n) is 1.29. The topological polar surface area (TPSA) is 102 Å². The Bertz CT molecular complexity index is 635. The average Bonchev–Trinajstić information content (AvgIpc) is 2.86. The summed E-state index contributed by atoms with van der Waals surface area (Å²) >= 11 is 0.937. The van der Waals surface area contributed by atoms with Crippen LogP contribution in [-0.2, 0) is 9.53 Å². The molecule has 22 heavy (non-hydrogen) atoms. The van der Waals surface area contributed by atoms with Gasteiger partial charge in [-0.3, -0.25) is 9.79 Å². The lowest BCUT2D eigenvalue weighted by atomic mass is 10.2. The van der Waals surface area contributed by atoms with Crippen molar-refractivity contribution in [2.24, 2.45) is 10.7 Å². The first-order valence-corrected chi connectivity index (χ1v) is 6.65. The number of halogens is 3. The largest absolute Gasteiger partial charge is 0.504 e. The average molecular weight is 336 g/mol. The number of alkyl halides is 3. The molecular formula is C12H11F3N2O4S. The Morgan fingerprint density at radius 2 is 2.14 bits per heavy atom. The van der Waals surface area contributed by atoms with E-state index in [0.717, 1.165) is 11.3 Å². The van der Waals surface area contributed by atoms with Gasteiger partial charge in [-0.1, -0.05) is 0 Å². The van der Waals surface area contributed by atoms with Crippen molar-refractivity contribution < 1.29 is 32.6 Å². The smallest absolute Gasteiger partial charge is 0.449 e. The van der Waals surface area contributed by atoms with E-state index in [1.54, 1.807) is 0 Å². The summed E-state index contributed by atoms with van der Waals surface area (Å²) in [5.74, 6) is -4.34. The van der Waals surface area contributed by atoms with Crippen LogP contribution in [-0.4, -0.2) is 36.0 Å². The van der Waals surface area contributed by atoms with Gasteiger partial charge in [-0.15, -0.1) is 11.3 Å². The Labute approximate surface area is 126 Å². The summed E-state index contributed by atoms with van der Waals surface area (Å²) in [6.07, 6.45) is -4.66. The van der Waals surface area contributed by atoms with Crippen molar-refractivity contribution in [3.63, 3.8) is 0 Å². The van der Waals surface area contributed by atoms with Crippen LogP contribution in [0.15, 0.2) is 27.8 Å². The van der Waals surface area contributed by atoms with Crippen LogP contribution in [0, 0.1) is 0 Å². The second kappa shape index (κ2) is 7.07. The van der Waals surface area contributed by atoms with Crippen molar-refractivity contribution in [2.45, 2.75) is 13.1 Å². The van der Waals surface area contributed by atoms with E-state index < -0.39 is 29.4 Å². The molecule has 0 aromatic carbocycles. The van der Waals surface area contributed by atoms with Crippen LogP contribution in [0.4, 0.5) is 18.9 Å². The lowest BCUT2D eigenvalue weighted by molar-refractivity contribution is -0.141. The molecule has 0 aliphatic rings. The number of aliphatic hydroxyl groups is 1. The minimum absolute atomic E-state index is 0.00552. The molecule has 1 heterocycles. The molecule has 0 unspecified atom stereocenters. The summed E-state index contributed by atoms with van der Waals surface area (Å²) < 4.78 is 42.0. The highest BCUT2D eigenvalue weighted by atomic mass is 32.1. The molecule has 0 aliphatic heterocycles. The molecule has 0 fully saturated rings. The number of allylic oxidation sites excluding steroid dienone is 1. The van der Waals surface area contributed by atoms with Gasteiger partial charge in [0.05, 0.1) is 12.3 Å². The number of hydrogen-bond donors (Lipinski definition) is 2. The summed E-state index contributed by atoms with van der Waals surface area (Å²) in [5.41, 5.74) is 3.88. The number of rotatable bonds is 5. The van der Waals surface area contributed by atoms with Crippen LogP contribution < -0.4 is 5.73 Å². The number of ether oxygens (including phenoxy) is 1. The Hall–Kier alpha value is -2.36. The van der Waals surface area contributed by atoms with Gasteiger partial charge in [0.25, 0.3) is 5.91 Å². The molecule has 0 saturated carbocycles. The highest BCUT2D eigenvalue weighted by molar-refractivity contribution is 7.12. The number of aliphatic hydroxyl groups excluding tert-OH is 1. The molecule has 120 valence electrons. The highest BCUT2D eigenvalue weighted by Gasteiger charge is 2.38. The van der Waals surface area contributed by atoms with Crippen LogP contribution in [0.1, 0.15) is 16.6 Å². The van der Waals surface area contributed by atoms with Crippen LogP contribution in [0.2, 0.25) is 0 Å². The molecule has 0 saturated heterocycles. The van der Waals surface area contributed by atoms with Crippen molar-refractivity contribution in [2.75, 3.05) is 6.61 Å². The quantitative estimate of drug-likeness (QED) is 0.373. The zero-order chi connectivity index (χ0) is 16.9. The second-order valence-electron chi connectivity index (χ2n) is 3.74. The van der Waals surface area contributed by atoms with Gasteiger partial charge in [-0.05, 0) is 18.4 Å². The molecule has 1 rings (SSSR count). The molecule has 0 spiro atoms. The number of nitrogens with two attached hydrogens (primary N) is 1. The number of aliphatic imine (C=N–C) groups is 1. The SMILES string of the molecule is CCOC(=O)C(C=Nc1ccsc1C(N)=O)=C(O)C(F)(F)F. The van der Waals surface area contributed by atoms with Gasteiger partial charge in [0.2, 0.25) is 5.76 Å². The number of nitrogens with zero attached hydrogens (tertiary/aromatic N) is 1. The van der Waals surface area contributed by atoms with Crippen molar-refractivity contribution >= 4 is 35.1 Å². The lowest BCUT2D eigenvalue weighted by Crippen LogP contribution is -2.20. The predicted molar refractivity (Wildman–Crippen MR) is 73.3 cm³/mol. The molecule has 1 aromatic heterocycles. The van der Waals surface area contributed by atoms with E-state index in [2.05, 4.69) is 9.73 Å². The Kier molecular flexibility index (Phi) is 5.69. The van der Waals surface area contributed by atoms with Crippen LogP contribution in [0.5, 0.6) is 0 Å². The van der Waals surface area contributed by atoms with Gasteiger partial charge in [0.1, 0.15) is 10.5 Å². The molecule has 1 amide bonds. The van der Waals surface area contributed by atoms with Gasteiger partial charge in [0.15, 0.2) is 0 Å². The summed E-state index contributed by atoms with van der Waals surface area (Å²) in [5, 5.41) is 10.6. The Balaban J connectivity index is 3.25. The number of thiophene rings is 1. The van der Waals surface area contributed by atoms with Gasteiger partial charge in [-0.2, -0.15) is 13.2 Å². The maximum Gasteiger partial charge on any atom is 0.449 e. The van der Waals surface area contributed by atoms with Crippen molar-refractivity contribution in [1.82, 2.24) is 0 Å². The fraction of sp³-hybridized carbons (Fsp3) is 0.250. The van der Waals surface area contributed by atoms with Gasteiger partial charge < -0.3 is 15.6 Å². The highest BCUT2D eigenvalue weighted by Crippen LogP contribution is 2.28. The molecule has 0 atom stereocenters. The third kappa shape index (κ3) is 4.32. The van der Waals surface area contributed by atoms with E-state index >= 15 is 0 Å². The number of carbonyl (C=O) groups excluding carboxylic acids is 2. The monoisotopic (exact) mass is 336 g/mol. The third-order valence-electron chi connectivity index (χ3n) is 2.22. The Morgan fingerprint density at radius 1 is 1.50 bits per heavy atom. The molecular weight excluding hydrogens is 325 g/mol. The van der Waals surface area contributed by atoms with E-state index in [-0.39, 0.29) is 17.2 Å². The van der Waals surface area contributed by atoms with Crippen LogP contribution in [0.3, 0.4) is 0 Å². The lowest BCUT2D eigenvalue weighted by Gasteiger charge is -2.09. The van der Waals surface area contributed by atoms with Gasteiger partial charge in [0, 0.05) is 6.21 Å². The Morgan fingerprint density at radius 3 is 2.64 bits per heavy atom. The summed E-state index contributed by atoms with van der Waals surface area (Å²) in [6, 6.07) is 1.33. The standard InChI is InChI=1S/C12H11F3N2O4S/c1-2-21-11(20)6(9(18)12(13,14)15)5-17-7-3-4-22-8(7)10(16)19/h3-5,18H,2H2,1H3,(H2,16,19). The van der Waals surface area contributed by atoms with Crippen LogP contribution >= 0.6 is 11.3 Å². The first-order chi connectivity index (χ1) is 10.2. The molecule has 6 nitrogen and oxygen atoms in total. The number of esters is 1. The number of hydrogen-bond acceptors (Lipinski definition) is 6. The molecule has 0 radical (unpaired) electrons.